The van der Waals surface area contributed by atoms with E-state index in [-0.39, 0.29) is 23.1 Å². The number of aryl methyl sites for hydroxylation is 1. The Bertz CT molecular complexity index is 662. The molecular formula is C10H8ClF3N4O2. The van der Waals surface area contributed by atoms with E-state index in [0.29, 0.717) is 0 Å². The van der Waals surface area contributed by atoms with Crippen LogP contribution >= 0.6 is 11.6 Å². The Kier molecular flexibility index (Phi) is 3.46. The number of nitrogens with zero attached hydrogens (tertiary/aromatic N) is 4. The molecule has 0 saturated heterocycles. The zero-order valence-electron chi connectivity index (χ0n) is 10.0. The maximum absolute atomic E-state index is 12.5. The highest BCUT2D eigenvalue weighted by Crippen LogP contribution is 2.28. The third-order valence-electron chi connectivity index (χ3n) is 2.47. The second-order valence-corrected chi connectivity index (χ2v) is 4.39. The minimum Gasteiger partial charge on any atom is -0.476 e. The fraction of sp³-hybridized carbons (Fsp3) is 0.300. The number of alkyl halides is 3. The van der Waals surface area contributed by atoms with Crippen LogP contribution < -0.4 is 0 Å². The summed E-state index contributed by atoms with van der Waals surface area (Å²) in [6.07, 6.45) is -3.33. The van der Waals surface area contributed by atoms with Crippen LogP contribution in [-0.4, -0.2) is 30.6 Å². The highest BCUT2D eigenvalue weighted by atomic mass is 35.5. The van der Waals surface area contributed by atoms with Crippen LogP contribution in [0, 0.1) is 6.92 Å². The lowest BCUT2D eigenvalue weighted by Crippen LogP contribution is -2.14. The molecule has 0 saturated carbocycles. The molecule has 2 rings (SSSR count). The van der Waals surface area contributed by atoms with Crippen LogP contribution in [0.4, 0.5) is 13.2 Å². The number of carbonyl (C=O) groups is 1. The number of carboxylic acid groups (broad SMARTS) is 1. The molecule has 10 heteroatoms. The monoisotopic (exact) mass is 308 g/mol. The summed E-state index contributed by atoms with van der Waals surface area (Å²) in [7, 11) is 0. The van der Waals surface area contributed by atoms with Gasteiger partial charge < -0.3 is 5.11 Å². The van der Waals surface area contributed by atoms with Crippen molar-refractivity contribution < 1.29 is 23.1 Å². The average molecular weight is 309 g/mol. The second kappa shape index (κ2) is 4.82. The third-order valence-corrected chi connectivity index (χ3v) is 2.75. The van der Waals surface area contributed by atoms with Crippen LogP contribution in [0.5, 0.6) is 0 Å². The summed E-state index contributed by atoms with van der Waals surface area (Å²) in [6, 6.07) is 0.892. The van der Waals surface area contributed by atoms with Crippen molar-refractivity contribution in [2.24, 2.45) is 0 Å². The summed E-state index contributed by atoms with van der Waals surface area (Å²) in [5.74, 6) is -1.32. The maximum Gasteiger partial charge on any atom is 0.435 e. The first-order chi connectivity index (χ1) is 9.18. The molecule has 0 bridgehead atoms. The van der Waals surface area contributed by atoms with E-state index in [1.807, 2.05) is 0 Å². The van der Waals surface area contributed by atoms with Gasteiger partial charge in [0.05, 0.1) is 5.02 Å². The predicted octanol–water partition coefficient (Wildman–Crippen LogP) is 2.26. The fourth-order valence-electron chi connectivity index (χ4n) is 1.54. The predicted molar refractivity (Wildman–Crippen MR) is 61.6 cm³/mol. The zero-order chi connectivity index (χ0) is 15.1. The van der Waals surface area contributed by atoms with Gasteiger partial charge in [-0.1, -0.05) is 11.6 Å². The maximum atomic E-state index is 12.5. The van der Waals surface area contributed by atoms with Crippen LogP contribution in [0.25, 0.3) is 0 Å². The van der Waals surface area contributed by atoms with Crippen molar-refractivity contribution in [1.82, 2.24) is 19.6 Å². The van der Waals surface area contributed by atoms with Gasteiger partial charge in [-0.15, -0.1) is 0 Å². The van der Waals surface area contributed by atoms with Crippen LogP contribution in [0.3, 0.4) is 0 Å². The molecule has 0 aliphatic rings. The van der Waals surface area contributed by atoms with Crippen LogP contribution in [0.15, 0.2) is 12.3 Å². The highest BCUT2D eigenvalue weighted by molar-refractivity contribution is 6.33. The van der Waals surface area contributed by atoms with Gasteiger partial charge in [-0.25, -0.2) is 14.2 Å². The van der Waals surface area contributed by atoms with E-state index in [4.69, 9.17) is 16.7 Å². The number of hydrogen-bond acceptors (Lipinski definition) is 3. The summed E-state index contributed by atoms with van der Waals surface area (Å²) < 4.78 is 39.6. The smallest absolute Gasteiger partial charge is 0.435 e. The van der Waals surface area contributed by atoms with Gasteiger partial charge in [0.1, 0.15) is 6.67 Å². The highest BCUT2D eigenvalue weighted by Gasteiger charge is 2.34. The van der Waals surface area contributed by atoms with Gasteiger partial charge in [0.2, 0.25) is 0 Å². The number of carboxylic acids is 1. The van der Waals surface area contributed by atoms with E-state index in [2.05, 4.69) is 10.2 Å². The van der Waals surface area contributed by atoms with Gasteiger partial charge in [-0.3, -0.25) is 0 Å². The molecule has 0 fully saturated rings. The Morgan fingerprint density at radius 1 is 1.45 bits per heavy atom. The van der Waals surface area contributed by atoms with Crippen molar-refractivity contribution in [1.29, 1.82) is 0 Å². The summed E-state index contributed by atoms with van der Waals surface area (Å²) in [6.45, 7) is 1.28. The second-order valence-electron chi connectivity index (χ2n) is 3.98. The van der Waals surface area contributed by atoms with Crippen molar-refractivity contribution in [2.45, 2.75) is 19.8 Å². The van der Waals surface area contributed by atoms with Gasteiger partial charge >= 0.3 is 12.1 Å². The van der Waals surface area contributed by atoms with Gasteiger partial charge in [0.15, 0.2) is 11.4 Å². The lowest BCUT2D eigenvalue weighted by molar-refractivity contribution is -0.141. The van der Waals surface area contributed by atoms with E-state index >= 15 is 0 Å². The van der Waals surface area contributed by atoms with Gasteiger partial charge in [0.25, 0.3) is 0 Å². The topological polar surface area (TPSA) is 72.9 Å². The molecule has 6 nitrogen and oxygen atoms in total. The van der Waals surface area contributed by atoms with E-state index in [1.54, 1.807) is 0 Å². The van der Waals surface area contributed by atoms with E-state index < -0.39 is 17.8 Å². The Morgan fingerprint density at radius 3 is 2.55 bits per heavy atom. The Balaban J connectivity index is 2.29. The minimum atomic E-state index is -4.54. The molecule has 0 atom stereocenters. The van der Waals surface area contributed by atoms with Crippen molar-refractivity contribution in [2.75, 3.05) is 0 Å². The molecule has 1 N–H and O–H groups in total. The van der Waals surface area contributed by atoms with Crippen molar-refractivity contribution in [3.63, 3.8) is 0 Å². The number of hydrogen-bond donors (Lipinski definition) is 1. The summed E-state index contributed by atoms with van der Waals surface area (Å²) in [5, 5.41) is 15.7. The third kappa shape index (κ3) is 2.77. The Morgan fingerprint density at radius 2 is 2.10 bits per heavy atom. The quantitative estimate of drug-likeness (QED) is 0.944. The first kappa shape index (κ1) is 14.4. The standard InChI is InChI=1S/C10H8ClF3N4O2/c1-5-2-7(10(12,13)14)15-18(5)4-17-3-6(11)8(16-17)9(19)20/h2-3H,4H2,1H3,(H,19,20). The molecule has 0 radical (unpaired) electrons. The molecule has 2 aromatic heterocycles. The number of aromatic carboxylic acids is 1. The Hall–Kier alpha value is -2.03. The molecule has 2 heterocycles. The molecule has 0 aliphatic heterocycles. The SMILES string of the molecule is Cc1cc(C(F)(F)F)nn1Cn1cc(Cl)c(C(=O)O)n1. The van der Waals surface area contributed by atoms with Crippen LogP contribution in [-0.2, 0) is 12.8 Å². The summed E-state index contributed by atoms with van der Waals surface area (Å²) >= 11 is 5.65. The molecule has 20 heavy (non-hydrogen) atoms. The van der Waals surface area contributed by atoms with Gasteiger partial charge in [-0.05, 0) is 13.0 Å². The van der Waals surface area contributed by atoms with Gasteiger partial charge in [-0.2, -0.15) is 23.4 Å². The fourth-order valence-corrected chi connectivity index (χ4v) is 1.77. The average Bonchev–Trinajstić information content (AvgIpc) is 2.83. The van der Waals surface area contributed by atoms with Crippen molar-refractivity contribution in [3.05, 3.63) is 34.4 Å². The normalized spacial score (nSPS) is 11.8. The molecule has 0 unspecified atom stereocenters. The first-order valence-corrected chi connectivity index (χ1v) is 5.64. The van der Waals surface area contributed by atoms with E-state index in [0.717, 1.165) is 15.4 Å². The summed E-state index contributed by atoms with van der Waals surface area (Å²) in [5.41, 5.74) is -1.12. The lowest BCUT2D eigenvalue weighted by Gasteiger charge is -2.04. The lowest BCUT2D eigenvalue weighted by atomic mass is 10.4. The largest absolute Gasteiger partial charge is 0.476 e. The first-order valence-electron chi connectivity index (χ1n) is 5.26. The number of aromatic nitrogens is 4. The van der Waals surface area contributed by atoms with Crippen molar-refractivity contribution >= 4 is 17.6 Å². The molecule has 0 aromatic carbocycles. The molecule has 0 aliphatic carbocycles. The minimum absolute atomic E-state index is 0.0987. The molecule has 2 aromatic rings. The van der Waals surface area contributed by atoms with Gasteiger partial charge in [0, 0.05) is 11.9 Å². The molecule has 0 spiro atoms. The molecule has 108 valence electrons. The Labute approximate surface area is 115 Å². The number of rotatable bonds is 3. The zero-order valence-corrected chi connectivity index (χ0v) is 10.8. The molecular weight excluding hydrogens is 301 g/mol. The van der Waals surface area contributed by atoms with Crippen LogP contribution in [0.2, 0.25) is 5.02 Å². The summed E-state index contributed by atoms with van der Waals surface area (Å²) in [4.78, 5) is 10.8. The van der Waals surface area contributed by atoms with E-state index in [1.165, 1.54) is 13.1 Å². The van der Waals surface area contributed by atoms with Crippen LogP contribution in [0.1, 0.15) is 21.9 Å². The van der Waals surface area contributed by atoms with E-state index in [9.17, 15) is 18.0 Å². The molecule has 0 amide bonds. The number of halogens is 4. The van der Waals surface area contributed by atoms with Crippen molar-refractivity contribution in [3.8, 4) is 0 Å².